The molecule has 1 spiro atoms. The molecule has 10 nitrogen and oxygen atoms in total. The lowest BCUT2D eigenvalue weighted by Gasteiger charge is -2.53. The predicted octanol–water partition coefficient (Wildman–Crippen LogP) is 7.77. The first-order valence-corrected chi connectivity index (χ1v) is 18.9. The monoisotopic (exact) mass is 721 g/mol. The first-order valence-electron chi connectivity index (χ1n) is 18.9. The van der Waals surface area contributed by atoms with Crippen molar-refractivity contribution in [1.29, 1.82) is 0 Å². The van der Waals surface area contributed by atoms with Gasteiger partial charge in [-0.15, -0.1) is 0 Å². The standard InChI is InChI=1S/C44H43N5O5/c1-27-7-5-8-28(2)38(27)47-42(51)37-24-31-17-20-49(36-12-4-3-10-33(36)39(31)54-37)43(52)29-13-15-32(16-14-29)45-41(50)34-23-30-9-6-11-35(30)46-40(34)48-25-44(26-48)18-21-53-22-19-44/h3-5,7-8,10,12-16,23-24H,6,9,11,17-22,25-26H2,1-2H3,(H,45,50)(H,47,51). The Hall–Kier alpha value is -5.74. The molecule has 1 aliphatic carbocycles. The molecular weight excluding hydrogens is 679 g/mol. The summed E-state index contributed by atoms with van der Waals surface area (Å²) in [5.41, 5.74) is 9.26. The van der Waals surface area contributed by atoms with Crippen LogP contribution in [0, 0.1) is 19.3 Å². The minimum absolute atomic E-state index is 0.164. The third-order valence-corrected chi connectivity index (χ3v) is 11.6. The van der Waals surface area contributed by atoms with Crippen molar-refractivity contribution in [2.24, 2.45) is 5.41 Å². The number of hydrogen-bond donors (Lipinski definition) is 2. The van der Waals surface area contributed by atoms with Gasteiger partial charge in [-0.3, -0.25) is 14.4 Å². The average molecular weight is 722 g/mol. The molecule has 3 aromatic carbocycles. The zero-order valence-electron chi connectivity index (χ0n) is 30.7. The highest BCUT2D eigenvalue weighted by Crippen LogP contribution is 2.43. The van der Waals surface area contributed by atoms with Crippen LogP contribution in [-0.2, 0) is 24.0 Å². The summed E-state index contributed by atoms with van der Waals surface area (Å²) in [5, 5.41) is 6.10. The van der Waals surface area contributed by atoms with Crippen molar-refractivity contribution >= 4 is 40.6 Å². The van der Waals surface area contributed by atoms with Gasteiger partial charge in [-0.25, -0.2) is 4.98 Å². The number of amides is 3. The lowest BCUT2D eigenvalue weighted by atomic mass is 9.73. The molecule has 2 N–H and O–H groups in total. The molecule has 5 heterocycles. The Balaban J connectivity index is 0.917. The lowest BCUT2D eigenvalue weighted by Crippen LogP contribution is -2.59. The highest BCUT2D eigenvalue weighted by Gasteiger charge is 2.45. The number of pyridine rings is 1. The summed E-state index contributed by atoms with van der Waals surface area (Å²) in [6.07, 6.45) is 5.53. The predicted molar refractivity (Wildman–Crippen MR) is 209 cm³/mol. The fourth-order valence-electron chi connectivity index (χ4n) is 8.56. The van der Waals surface area contributed by atoms with Gasteiger partial charge in [0.15, 0.2) is 5.76 Å². The van der Waals surface area contributed by atoms with Gasteiger partial charge in [0.2, 0.25) is 0 Å². The Labute approximate surface area is 314 Å². The van der Waals surface area contributed by atoms with E-state index in [0.29, 0.717) is 41.2 Å². The molecule has 0 atom stereocenters. The van der Waals surface area contributed by atoms with Crippen molar-refractivity contribution in [3.8, 4) is 11.3 Å². The van der Waals surface area contributed by atoms with E-state index in [4.69, 9.17) is 14.1 Å². The summed E-state index contributed by atoms with van der Waals surface area (Å²) in [5.74, 6) is 0.911. The van der Waals surface area contributed by atoms with Crippen LogP contribution in [0.25, 0.3) is 11.3 Å². The summed E-state index contributed by atoms with van der Waals surface area (Å²) >= 11 is 0. The van der Waals surface area contributed by atoms with Crippen LogP contribution in [-0.4, -0.2) is 55.6 Å². The largest absolute Gasteiger partial charge is 0.451 e. The minimum Gasteiger partial charge on any atom is -0.451 e. The molecule has 3 amide bonds. The molecule has 3 aliphatic heterocycles. The summed E-state index contributed by atoms with van der Waals surface area (Å²) < 4.78 is 11.8. The first-order chi connectivity index (χ1) is 26.2. The number of aryl methyl sites for hydroxylation is 4. The Morgan fingerprint density at radius 1 is 0.796 bits per heavy atom. The van der Waals surface area contributed by atoms with Gasteiger partial charge in [0.25, 0.3) is 17.7 Å². The number of benzene rings is 3. The number of fused-ring (bicyclic) bond motifs is 4. The number of nitrogens with zero attached hydrogens (tertiary/aromatic N) is 3. The van der Waals surface area contributed by atoms with Gasteiger partial charge >= 0.3 is 0 Å². The SMILES string of the molecule is Cc1cccc(C)c1NC(=O)c1cc2c(o1)-c1ccccc1N(C(=O)c1ccc(NC(=O)c3cc4c(nc3N3CC5(CCOCC5)C3)CCC4)cc1)CC2. The molecule has 2 fully saturated rings. The number of ether oxygens (including phenoxy) is 1. The molecular formula is C44H43N5O5. The second-order valence-electron chi connectivity index (χ2n) is 15.2. The van der Waals surface area contributed by atoms with E-state index in [1.54, 1.807) is 35.2 Å². The van der Waals surface area contributed by atoms with Crippen LogP contribution in [0.15, 0.2) is 83.3 Å². The second kappa shape index (κ2) is 13.6. The number of hydrogen-bond acceptors (Lipinski definition) is 7. The maximum absolute atomic E-state index is 14.1. The molecule has 2 saturated heterocycles. The van der Waals surface area contributed by atoms with Gasteiger partial charge in [0, 0.05) is 72.0 Å². The van der Waals surface area contributed by atoms with Gasteiger partial charge < -0.3 is 29.6 Å². The molecule has 274 valence electrons. The highest BCUT2D eigenvalue weighted by molar-refractivity contribution is 6.10. The topological polar surface area (TPSA) is 117 Å². The zero-order chi connectivity index (χ0) is 37.0. The molecule has 9 rings (SSSR count). The Morgan fingerprint density at radius 3 is 2.33 bits per heavy atom. The third kappa shape index (κ3) is 6.14. The Kier molecular flexibility index (Phi) is 8.57. The number of rotatable bonds is 6. The van der Waals surface area contributed by atoms with E-state index in [2.05, 4.69) is 15.5 Å². The number of carbonyl (C=O) groups is 3. The molecule has 2 aromatic heterocycles. The van der Waals surface area contributed by atoms with Crippen LogP contribution in [0.5, 0.6) is 0 Å². The highest BCUT2D eigenvalue weighted by atomic mass is 16.5. The molecule has 0 radical (unpaired) electrons. The zero-order valence-corrected chi connectivity index (χ0v) is 30.7. The fourth-order valence-corrected chi connectivity index (χ4v) is 8.56. The van der Waals surface area contributed by atoms with E-state index >= 15 is 0 Å². The maximum Gasteiger partial charge on any atom is 0.291 e. The summed E-state index contributed by atoms with van der Waals surface area (Å²) in [6, 6.07) is 24.4. The number of para-hydroxylation sites is 2. The number of carbonyl (C=O) groups excluding carboxylic acids is 3. The second-order valence-corrected chi connectivity index (χ2v) is 15.2. The maximum atomic E-state index is 14.1. The normalized spacial score (nSPS) is 16.9. The van der Waals surface area contributed by atoms with Gasteiger partial charge in [-0.05, 0) is 118 Å². The van der Waals surface area contributed by atoms with Crippen molar-refractivity contribution in [3.05, 3.63) is 124 Å². The van der Waals surface area contributed by atoms with E-state index in [-0.39, 0.29) is 28.9 Å². The van der Waals surface area contributed by atoms with E-state index < -0.39 is 0 Å². The number of aromatic nitrogens is 1. The Bertz CT molecular complexity index is 2280. The van der Waals surface area contributed by atoms with Gasteiger partial charge in [-0.2, -0.15) is 0 Å². The van der Waals surface area contributed by atoms with Crippen molar-refractivity contribution in [2.45, 2.75) is 52.4 Å². The molecule has 5 aromatic rings. The van der Waals surface area contributed by atoms with Crippen molar-refractivity contribution in [3.63, 3.8) is 0 Å². The lowest BCUT2D eigenvalue weighted by molar-refractivity contribution is -0.000521. The minimum atomic E-state index is -0.314. The fraction of sp³-hybridized carbons (Fsp3) is 0.318. The van der Waals surface area contributed by atoms with Crippen LogP contribution < -0.4 is 20.4 Å². The smallest absolute Gasteiger partial charge is 0.291 e. The van der Waals surface area contributed by atoms with E-state index in [9.17, 15) is 14.4 Å². The van der Waals surface area contributed by atoms with Gasteiger partial charge in [0.05, 0.1) is 11.3 Å². The van der Waals surface area contributed by atoms with Gasteiger partial charge in [-0.1, -0.05) is 30.3 Å². The van der Waals surface area contributed by atoms with Crippen LogP contribution in [0.1, 0.15) is 78.5 Å². The van der Waals surface area contributed by atoms with Crippen molar-refractivity contribution in [1.82, 2.24) is 4.98 Å². The molecule has 54 heavy (non-hydrogen) atoms. The summed E-state index contributed by atoms with van der Waals surface area (Å²) in [6.45, 7) is 7.70. The van der Waals surface area contributed by atoms with Crippen LogP contribution in [0.2, 0.25) is 0 Å². The number of anilines is 4. The van der Waals surface area contributed by atoms with Crippen molar-refractivity contribution in [2.75, 3.05) is 53.3 Å². The average Bonchev–Trinajstić information content (AvgIpc) is 3.79. The molecule has 0 unspecified atom stereocenters. The summed E-state index contributed by atoms with van der Waals surface area (Å²) in [4.78, 5) is 50.3. The van der Waals surface area contributed by atoms with Crippen LogP contribution >= 0.6 is 0 Å². The number of furan rings is 1. The quantitative estimate of drug-likeness (QED) is 0.184. The van der Waals surface area contributed by atoms with Crippen LogP contribution in [0.4, 0.5) is 22.9 Å². The molecule has 0 bridgehead atoms. The van der Waals surface area contributed by atoms with E-state index in [1.807, 2.05) is 62.4 Å². The summed E-state index contributed by atoms with van der Waals surface area (Å²) in [7, 11) is 0. The van der Waals surface area contributed by atoms with E-state index in [0.717, 1.165) is 103 Å². The van der Waals surface area contributed by atoms with Gasteiger partial charge in [0.1, 0.15) is 11.6 Å². The Morgan fingerprint density at radius 2 is 1.56 bits per heavy atom. The molecule has 4 aliphatic rings. The van der Waals surface area contributed by atoms with E-state index in [1.165, 1.54) is 0 Å². The van der Waals surface area contributed by atoms with Crippen molar-refractivity contribution < 1.29 is 23.5 Å². The van der Waals surface area contributed by atoms with Crippen LogP contribution in [0.3, 0.4) is 0 Å². The molecule has 10 heteroatoms. The molecule has 0 saturated carbocycles. The number of nitrogens with one attached hydrogen (secondary N) is 2. The third-order valence-electron chi connectivity index (χ3n) is 11.6. The first kappa shape index (κ1) is 34.1.